The van der Waals surface area contributed by atoms with Gasteiger partial charge in [0.05, 0.1) is 4.90 Å². The molecule has 0 spiro atoms. The molecule has 0 saturated carbocycles. The van der Waals surface area contributed by atoms with Gasteiger partial charge in [-0.2, -0.15) is 0 Å². The van der Waals surface area contributed by atoms with Crippen molar-refractivity contribution in [1.29, 1.82) is 0 Å². The molecule has 0 fully saturated rings. The van der Waals surface area contributed by atoms with Gasteiger partial charge in [-0.3, -0.25) is 4.79 Å². The number of fused-ring (bicyclic) bond motifs is 1. The number of nitrogens with one attached hydrogen (secondary N) is 2. The summed E-state index contributed by atoms with van der Waals surface area (Å²) in [5.74, 6) is -0.212. The van der Waals surface area contributed by atoms with Crippen molar-refractivity contribution >= 4 is 32.4 Å². The molecule has 1 radical (unpaired) electrons. The third kappa shape index (κ3) is 2.59. The Kier molecular flexibility index (Phi) is 3.55. The molecule has 0 bridgehead atoms. The molecule has 2 rings (SSSR count). The van der Waals surface area contributed by atoms with Gasteiger partial charge in [0.1, 0.15) is 0 Å². The fourth-order valence-corrected chi connectivity index (χ4v) is 2.77. The van der Waals surface area contributed by atoms with E-state index < -0.39 is 10.0 Å². The molecule has 0 saturated heterocycles. The lowest BCUT2D eigenvalue weighted by Gasteiger charge is -2.10. The average Bonchev–Trinajstić information content (AvgIpc) is 2.38. The smallest absolute Gasteiger partial charge is 0.241 e. The minimum atomic E-state index is -3.64. The first-order chi connectivity index (χ1) is 8.95. The second-order valence-electron chi connectivity index (χ2n) is 3.99. The summed E-state index contributed by atoms with van der Waals surface area (Å²) < 4.78 is 25.8. The molecule has 2 aromatic rings. The summed E-state index contributed by atoms with van der Waals surface area (Å²) in [7, 11) is -0.440. The lowest BCUT2D eigenvalue weighted by Crippen LogP contribution is -2.16. The molecule has 5 nitrogen and oxygen atoms in total. The van der Waals surface area contributed by atoms with E-state index in [4.69, 9.17) is 0 Å². The topological polar surface area (TPSA) is 75.3 Å². The van der Waals surface area contributed by atoms with Crippen molar-refractivity contribution in [2.45, 2.75) is 11.8 Å². The molecule has 1 amide bonds. The lowest BCUT2D eigenvalue weighted by molar-refractivity contribution is -0.114. The van der Waals surface area contributed by atoms with Crippen molar-refractivity contribution in [2.75, 3.05) is 5.32 Å². The van der Waals surface area contributed by atoms with E-state index in [-0.39, 0.29) is 10.8 Å². The number of anilines is 1. The van der Waals surface area contributed by atoms with Crippen molar-refractivity contribution in [2.24, 2.45) is 0 Å². The van der Waals surface area contributed by atoms with Crippen LogP contribution in [0.2, 0.25) is 0 Å². The van der Waals surface area contributed by atoms with E-state index >= 15 is 0 Å². The molecule has 0 unspecified atom stereocenters. The quantitative estimate of drug-likeness (QED) is 0.899. The van der Waals surface area contributed by atoms with Gasteiger partial charge in [0, 0.05) is 30.4 Å². The van der Waals surface area contributed by atoms with E-state index in [2.05, 4.69) is 12.4 Å². The molecule has 19 heavy (non-hydrogen) atoms. The summed E-state index contributed by atoms with van der Waals surface area (Å²) in [6.07, 6.45) is 0. The van der Waals surface area contributed by atoms with Crippen LogP contribution in [-0.4, -0.2) is 14.3 Å². The lowest BCUT2D eigenvalue weighted by atomic mass is 10.1. The van der Waals surface area contributed by atoms with Crippen LogP contribution in [0.25, 0.3) is 10.8 Å². The zero-order valence-electron chi connectivity index (χ0n) is 10.3. The van der Waals surface area contributed by atoms with Gasteiger partial charge in [-0.25, -0.2) is 13.1 Å². The van der Waals surface area contributed by atoms with Crippen LogP contribution >= 0.6 is 0 Å². The van der Waals surface area contributed by atoms with Crippen LogP contribution in [0.5, 0.6) is 0 Å². The zero-order valence-corrected chi connectivity index (χ0v) is 11.1. The number of carbonyl (C=O) groups is 1. The Hall–Kier alpha value is -1.92. The summed E-state index contributed by atoms with van der Waals surface area (Å²) in [4.78, 5) is 11.3. The Labute approximate surface area is 111 Å². The number of sulfonamides is 1. The van der Waals surface area contributed by atoms with Crippen LogP contribution in [0.4, 0.5) is 5.69 Å². The zero-order chi connectivity index (χ0) is 14.0. The molecule has 0 aromatic heterocycles. The minimum absolute atomic E-state index is 0.132. The highest BCUT2D eigenvalue weighted by Gasteiger charge is 2.16. The maximum Gasteiger partial charge on any atom is 0.241 e. The summed E-state index contributed by atoms with van der Waals surface area (Å²) in [5, 5.41) is 3.87. The van der Waals surface area contributed by atoms with E-state index in [0.29, 0.717) is 16.5 Å². The highest BCUT2D eigenvalue weighted by molar-refractivity contribution is 7.89. The molecule has 0 aliphatic rings. The van der Waals surface area contributed by atoms with Crippen LogP contribution in [0.15, 0.2) is 41.3 Å². The van der Waals surface area contributed by atoms with Crippen molar-refractivity contribution in [3.05, 3.63) is 43.4 Å². The Morgan fingerprint density at radius 1 is 1.11 bits per heavy atom. The number of benzene rings is 2. The molecule has 0 aliphatic carbocycles. The van der Waals surface area contributed by atoms with Gasteiger partial charge in [-0.15, -0.1) is 0 Å². The highest BCUT2D eigenvalue weighted by atomic mass is 32.2. The van der Waals surface area contributed by atoms with Gasteiger partial charge in [-0.1, -0.05) is 24.3 Å². The molecule has 2 aromatic carbocycles. The molecule has 0 aliphatic heterocycles. The van der Waals surface area contributed by atoms with Crippen molar-refractivity contribution in [1.82, 2.24) is 4.72 Å². The fraction of sp³-hybridized carbons (Fsp3) is 0.0769. The molecular weight excluding hydrogens is 264 g/mol. The van der Waals surface area contributed by atoms with Crippen molar-refractivity contribution in [3.8, 4) is 0 Å². The van der Waals surface area contributed by atoms with Crippen LogP contribution < -0.4 is 10.0 Å². The van der Waals surface area contributed by atoms with E-state index in [1.807, 2.05) is 4.72 Å². The van der Waals surface area contributed by atoms with Crippen molar-refractivity contribution in [3.63, 3.8) is 0 Å². The SMILES string of the molecule is [CH2]NS(=O)(=O)c1cccc2c(NC(C)=O)cccc12. The summed E-state index contributed by atoms with van der Waals surface area (Å²) >= 11 is 0. The average molecular weight is 277 g/mol. The van der Waals surface area contributed by atoms with Gasteiger partial charge in [0.15, 0.2) is 0 Å². The maximum atomic E-state index is 11.9. The third-order valence-corrected chi connectivity index (χ3v) is 3.99. The molecule has 2 N–H and O–H groups in total. The summed E-state index contributed by atoms with van der Waals surface area (Å²) in [6, 6.07) is 9.96. The third-order valence-electron chi connectivity index (χ3n) is 2.67. The number of amides is 1. The van der Waals surface area contributed by atoms with E-state index in [1.165, 1.54) is 13.0 Å². The summed E-state index contributed by atoms with van der Waals surface area (Å²) in [5.41, 5.74) is 0.575. The second-order valence-corrected chi connectivity index (χ2v) is 5.72. The highest BCUT2D eigenvalue weighted by Crippen LogP contribution is 2.28. The van der Waals surface area contributed by atoms with E-state index in [0.717, 1.165) is 0 Å². The molecular formula is C13H13N2O3S. The van der Waals surface area contributed by atoms with Gasteiger partial charge in [-0.05, 0) is 12.1 Å². The first-order valence-corrected chi connectivity index (χ1v) is 7.02. The van der Waals surface area contributed by atoms with Gasteiger partial charge < -0.3 is 5.32 Å². The number of hydrogen-bond acceptors (Lipinski definition) is 3. The van der Waals surface area contributed by atoms with Crippen LogP contribution in [0, 0.1) is 7.05 Å². The van der Waals surface area contributed by atoms with Crippen LogP contribution in [-0.2, 0) is 14.8 Å². The van der Waals surface area contributed by atoms with E-state index in [9.17, 15) is 13.2 Å². The molecule has 6 heteroatoms. The minimum Gasteiger partial charge on any atom is -0.326 e. The van der Waals surface area contributed by atoms with Gasteiger partial charge >= 0.3 is 0 Å². The van der Waals surface area contributed by atoms with Gasteiger partial charge in [0.25, 0.3) is 0 Å². The molecule has 0 atom stereocenters. The first kappa shape index (κ1) is 13.5. The standard InChI is InChI=1S/C13H13N2O3S/c1-9(16)15-12-7-3-6-11-10(12)5-4-8-13(11)19(17,18)14-2/h3-8,14H,2H2,1H3,(H,15,16). The summed E-state index contributed by atoms with van der Waals surface area (Å²) in [6.45, 7) is 1.40. The Morgan fingerprint density at radius 3 is 2.37 bits per heavy atom. The predicted octanol–water partition coefficient (Wildman–Crippen LogP) is 1.87. The van der Waals surface area contributed by atoms with Crippen LogP contribution in [0.1, 0.15) is 6.92 Å². The number of hydrogen-bond donors (Lipinski definition) is 2. The largest absolute Gasteiger partial charge is 0.326 e. The Bertz CT molecular complexity index is 739. The second kappa shape index (κ2) is 4.99. The van der Waals surface area contributed by atoms with Crippen LogP contribution in [0.3, 0.4) is 0 Å². The predicted molar refractivity (Wildman–Crippen MR) is 73.9 cm³/mol. The maximum absolute atomic E-state index is 11.9. The van der Waals surface area contributed by atoms with E-state index in [1.54, 1.807) is 30.3 Å². The van der Waals surface area contributed by atoms with Crippen molar-refractivity contribution < 1.29 is 13.2 Å². The molecule has 99 valence electrons. The number of carbonyl (C=O) groups excluding carboxylic acids is 1. The molecule has 0 heterocycles. The Morgan fingerprint density at radius 2 is 1.74 bits per heavy atom. The normalized spacial score (nSPS) is 11.5. The first-order valence-electron chi connectivity index (χ1n) is 5.54. The van der Waals surface area contributed by atoms with Gasteiger partial charge in [0.2, 0.25) is 15.9 Å². The monoisotopic (exact) mass is 277 g/mol. The fourth-order valence-electron chi connectivity index (χ4n) is 1.89. The number of rotatable bonds is 3. The Balaban J connectivity index is 2.75.